The van der Waals surface area contributed by atoms with Crippen molar-refractivity contribution in [2.75, 3.05) is 49.5 Å². The third-order valence-corrected chi connectivity index (χ3v) is 5.76. The van der Waals surface area contributed by atoms with Gasteiger partial charge in [0.15, 0.2) is 0 Å². The van der Waals surface area contributed by atoms with E-state index in [-0.39, 0.29) is 30.2 Å². The van der Waals surface area contributed by atoms with Crippen molar-refractivity contribution in [1.29, 1.82) is 0 Å². The first-order chi connectivity index (χ1) is 14.0. The zero-order valence-corrected chi connectivity index (χ0v) is 16.9. The highest BCUT2D eigenvalue weighted by Crippen LogP contribution is 2.31. The van der Waals surface area contributed by atoms with Crippen LogP contribution in [0.25, 0.3) is 0 Å². The molecular formula is C21H29N5O3. The summed E-state index contributed by atoms with van der Waals surface area (Å²) in [5.74, 6) is 0.0314. The first kappa shape index (κ1) is 19.8. The number of hydrogen-bond donors (Lipinski definition) is 2. The molecule has 156 valence electrons. The Labute approximate surface area is 171 Å². The number of carbonyl (C=O) groups excluding carboxylic acids is 3. The number of benzene rings is 1. The molecule has 1 aliphatic carbocycles. The Kier molecular flexibility index (Phi) is 5.82. The van der Waals surface area contributed by atoms with Gasteiger partial charge in [0.1, 0.15) is 0 Å². The van der Waals surface area contributed by atoms with Crippen molar-refractivity contribution in [3.8, 4) is 0 Å². The molecule has 29 heavy (non-hydrogen) atoms. The highest BCUT2D eigenvalue weighted by molar-refractivity contribution is 6.04. The number of nitrogens with one attached hydrogen (secondary N) is 2. The number of hydrogen-bond acceptors (Lipinski definition) is 5. The van der Waals surface area contributed by atoms with Gasteiger partial charge in [0.2, 0.25) is 17.7 Å². The van der Waals surface area contributed by atoms with E-state index >= 15 is 0 Å². The molecular weight excluding hydrogens is 370 g/mol. The molecule has 8 nitrogen and oxygen atoms in total. The minimum atomic E-state index is -0.196. The molecule has 2 aliphatic heterocycles. The summed E-state index contributed by atoms with van der Waals surface area (Å²) in [6, 6.07) is 7.65. The van der Waals surface area contributed by atoms with E-state index in [1.165, 1.54) is 0 Å². The summed E-state index contributed by atoms with van der Waals surface area (Å²) < 4.78 is 0. The summed E-state index contributed by atoms with van der Waals surface area (Å²) in [7, 11) is 0. The van der Waals surface area contributed by atoms with E-state index in [1.807, 2.05) is 31.2 Å². The van der Waals surface area contributed by atoms with Gasteiger partial charge in [-0.25, -0.2) is 0 Å². The van der Waals surface area contributed by atoms with Crippen molar-refractivity contribution in [1.82, 2.24) is 15.1 Å². The Morgan fingerprint density at radius 2 is 1.72 bits per heavy atom. The summed E-state index contributed by atoms with van der Waals surface area (Å²) in [6.45, 7) is 5.72. The van der Waals surface area contributed by atoms with Gasteiger partial charge < -0.3 is 15.5 Å². The zero-order valence-electron chi connectivity index (χ0n) is 16.9. The van der Waals surface area contributed by atoms with Crippen LogP contribution < -0.4 is 15.5 Å². The maximum Gasteiger partial charge on any atom is 0.241 e. The fraction of sp³-hybridized carbons (Fsp3) is 0.571. The Morgan fingerprint density at radius 1 is 1.07 bits per heavy atom. The van der Waals surface area contributed by atoms with Crippen molar-refractivity contribution in [2.24, 2.45) is 0 Å². The van der Waals surface area contributed by atoms with E-state index in [0.717, 1.165) is 44.7 Å². The SMILES string of the molecule is CC1CC(=O)Nc2ccccc2N1C(=O)CN1CCN(CC(=O)NC2CC2)CC1. The van der Waals surface area contributed by atoms with Gasteiger partial charge in [-0.05, 0) is 31.9 Å². The van der Waals surface area contributed by atoms with Crippen LogP contribution in [0.15, 0.2) is 24.3 Å². The van der Waals surface area contributed by atoms with Gasteiger partial charge in [-0.15, -0.1) is 0 Å². The fourth-order valence-electron chi connectivity index (χ4n) is 4.04. The molecule has 1 saturated heterocycles. The van der Waals surface area contributed by atoms with Crippen LogP contribution >= 0.6 is 0 Å². The molecule has 1 saturated carbocycles. The highest BCUT2D eigenvalue weighted by atomic mass is 16.2. The Hall–Kier alpha value is -2.45. The lowest BCUT2D eigenvalue weighted by atomic mass is 10.1. The second-order valence-electron chi connectivity index (χ2n) is 8.28. The summed E-state index contributed by atoms with van der Waals surface area (Å²) in [4.78, 5) is 43.3. The van der Waals surface area contributed by atoms with E-state index in [4.69, 9.17) is 0 Å². The van der Waals surface area contributed by atoms with E-state index < -0.39 is 0 Å². The first-order valence-corrected chi connectivity index (χ1v) is 10.4. The predicted octanol–water partition coefficient (Wildman–Crippen LogP) is 0.647. The van der Waals surface area contributed by atoms with E-state index in [2.05, 4.69) is 20.4 Å². The number of piperazine rings is 1. The highest BCUT2D eigenvalue weighted by Gasteiger charge is 2.31. The van der Waals surface area contributed by atoms with E-state index in [0.29, 0.717) is 24.8 Å². The largest absolute Gasteiger partial charge is 0.352 e. The molecule has 1 unspecified atom stereocenters. The number of nitrogens with zero attached hydrogens (tertiary/aromatic N) is 3. The lowest BCUT2D eigenvalue weighted by Crippen LogP contribution is -2.53. The van der Waals surface area contributed by atoms with Crippen molar-refractivity contribution < 1.29 is 14.4 Å². The topological polar surface area (TPSA) is 85.0 Å². The Morgan fingerprint density at radius 3 is 2.41 bits per heavy atom. The van der Waals surface area contributed by atoms with Gasteiger partial charge in [-0.2, -0.15) is 0 Å². The molecule has 4 rings (SSSR count). The number of fused-ring (bicyclic) bond motifs is 1. The average molecular weight is 399 g/mol. The predicted molar refractivity (Wildman–Crippen MR) is 111 cm³/mol. The molecule has 2 N–H and O–H groups in total. The molecule has 8 heteroatoms. The van der Waals surface area contributed by atoms with Crippen LogP contribution in [0, 0.1) is 0 Å². The van der Waals surface area contributed by atoms with Crippen LogP contribution in [-0.4, -0.2) is 78.9 Å². The molecule has 2 fully saturated rings. The van der Waals surface area contributed by atoms with Gasteiger partial charge in [0, 0.05) is 44.7 Å². The quantitative estimate of drug-likeness (QED) is 0.759. The van der Waals surface area contributed by atoms with Gasteiger partial charge in [-0.3, -0.25) is 24.2 Å². The third kappa shape index (κ3) is 4.94. The number of anilines is 2. The van der Waals surface area contributed by atoms with Gasteiger partial charge in [-0.1, -0.05) is 12.1 Å². The average Bonchev–Trinajstić information content (AvgIpc) is 3.49. The van der Waals surface area contributed by atoms with E-state index in [9.17, 15) is 14.4 Å². The van der Waals surface area contributed by atoms with Crippen LogP contribution in [0.1, 0.15) is 26.2 Å². The molecule has 0 spiro atoms. The summed E-state index contributed by atoms with van der Waals surface area (Å²) >= 11 is 0. The van der Waals surface area contributed by atoms with Gasteiger partial charge in [0.05, 0.1) is 24.5 Å². The second kappa shape index (κ2) is 8.51. The minimum absolute atomic E-state index is 0.00127. The lowest BCUT2D eigenvalue weighted by Gasteiger charge is -2.36. The van der Waals surface area contributed by atoms with Crippen LogP contribution in [-0.2, 0) is 14.4 Å². The lowest BCUT2D eigenvalue weighted by molar-refractivity contribution is -0.124. The molecule has 2 heterocycles. The molecule has 3 amide bonds. The van der Waals surface area contributed by atoms with Crippen LogP contribution in [0.4, 0.5) is 11.4 Å². The molecule has 3 aliphatic rings. The first-order valence-electron chi connectivity index (χ1n) is 10.4. The molecule has 1 aromatic rings. The van der Waals surface area contributed by atoms with Crippen molar-refractivity contribution in [3.63, 3.8) is 0 Å². The third-order valence-electron chi connectivity index (χ3n) is 5.76. The second-order valence-corrected chi connectivity index (χ2v) is 8.28. The van der Waals surface area contributed by atoms with E-state index in [1.54, 1.807) is 4.90 Å². The van der Waals surface area contributed by atoms with Crippen LogP contribution in [0.2, 0.25) is 0 Å². The molecule has 0 aromatic heterocycles. The standard InChI is InChI=1S/C21H29N5O3/c1-15-12-19(27)23-17-4-2-3-5-18(17)26(15)21(29)14-25-10-8-24(9-11-25)13-20(28)22-16-6-7-16/h2-5,15-16H,6-14H2,1H3,(H,22,28)(H,23,27). The summed E-state index contributed by atoms with van der Waals surface area (Å²) in [5.41, 5.74) is 1.44. The monoisotopic (exact) mass is 399 g/mol. The number of carbonyl (C=O) groups is 3. The van der Waals surface area contributed by atoms with Crippen molar-refractivity contribution in [2.45, 2.75) is 38.3 Å². The maximum absolute atomic E-state index is 13.2. The van der Waals surface area contributed by atoms with Crippen LogP contribution in [0.3, 0.4) is 0 Å². The maximum atomic E-state index is 13.2. The normalized spacial score (nSPS) is 23.1. The van der Waals surface area contributed by atoms with Crippen LogP contribution in [0.5, 0.6) is 0 Å². The zero-order chi connectivity index (χ0) is 20.4. The van der Waals surface area contributed by atoms with Gasteiger partial charge >= 0.3 is 0 Å². The van der Waals surface area contributed by atoms with Crippen molar-refractivity contribution in [3.05, 3.63) is 24.3 Å². The Balaban J connectivity index is 1.33. The molecule has 0 radical (unpaired) electrons. The number of para-hydroxylation sites is 2. The minimum Gasteiger partial charge on any atom is -0.352 e. The summed E-state index contributed by atoms with van der Waals surface area (Å²) in [6.07, 6.45) is 2.48. The summed E-state index contributed by atoms with van der Waals surface area (Å²) in [5, 5.41) is 5.92. The Bertz CT molecular complexity index is 786. The molecule has 1 atom stereocenters. The molecule has 1 aromatic carbocycles. The fourth-order valence-corrected chi connectivity index (χ4v) is 4.04. The number of amides is 3. The molecule has 0 bridgehead atoms. The van der Waals surface area contributed by atoms with Gasteiger partial charge in [0.25, 0.3) is 0 Å². The number of rotatable bonds is 5. The van der Waals surface area contributed by atoms with Crippen molar-refractivity contribution >= 4 is 29.1 Å². The smallest absolute Gasteiger partial charge is 0.241 e.